The number of aliphatic hydroxyl groups is 2. The van der Waals surface area contributed by atoms with Crippen LogP contribution in [0.15, 0.2) is 48.6 Å². The number of hydrogen-bond donors (Lipinski definition) is 4. The van der Waals surface area contributed by atoms with Gasteiger partial charge in [-0.2, -0.15) is 0 Å². The van der Waals surface area contributed by atoms with Gasteiger partial charge in [0.15, 0.2) is 0 Å². The van der Waals surface area contributed by atoms with Crippen molar-refractivity contribution >= 4 is 5.97 Å². The van der Waals surface area contributed by atoms with Crippen LogP contribution in [0.2, 0.25) is 0 Å². The summed E-state index contributed by atoms with van der Waals surface area (Å²) in [6, 6.07) is 8.85. The van der Waals surface area contributed by atoms with Crippen molar-refractivity contribution in [3.63, 3.8) is 0 Å². The lowest BCUT2D eigenvalue weighted by atomic mass is 9.93. The predicted molar refractivity (Wildman–Crippen MR) is 108 cm³/mol. The van der Waals surface area contributed by atoms with Crippen molar-refractivity contribution in [1.29, 1.82) is 0 Å². The van der Waals surface area contributed by atoms with Gasteiger partial charge in [0.05, 0.1) is 13.2 Å². The molecule has 0 fully saturated rings. The minimum Gasteiger partial charge on any atom is -0.507 e. The summed E-state index contributed by atoms with van der Waals surface area (Å²) >= 11 is 0. The molecule has 3 rings (SSSR count). The lowest BCUT2D eigenvalue weighted by Crippen LogP contribution is -2.37. The maximum Gasteiger partial charge on any atom is 0.342 e. The van der Waals surface area contributed by atoms with Crippen LogP contribution in [0.25, 0.3) is 11.1 Å². The molecular weight excluding hydrogens is 374 g/mol. The largest absolute Gasteiger partial charge is 0.507 e. The number of esters is 1. The Morgan fingerprint density at radius 2 is 1.97 bits per heavy atom. The molecule has 7 nitrogen and oxygen atoms in total. The summed E-state index contributed by atoms with van der Waals surface area (Å²) < 4.78 is 10.7. The van der Waals surface area contributed by atoms with E-state index in [0.717, 1.165) is 0 Å². The molecule has 1 aliphatic heterocycles. The molecule has 0 aliphatic carbocycles. The van der Waals surface area contributed by atoms with Crippen LogP contribution in [-0.4, -0.2) is 46.6 Å². The average molecular weight is 399 g/mol. The molecule has 0 spiro atoms. The molecule has 2 aromatic rings. The lowest BCUT2D eigenvalue weighted by molar-refractivity contribution is 0.0113. The van der Waals surface area contributed by atoms with Gasteiger partial charge in [-0.15, -0.1) is 0 Å². The molecule has 0 radical (unpaired) electrons. The van der Waals surface area contributed by atoms with E-state index in [0.29, 0.717) is 28.9 Å². The van der Waals surface area contributed by atoms with Crippen LogP contribution in [0.1, 0.15) is 35.4 Å². The fourth-order valence-corrected chi connectivity index (χ4v) is 3.29. The molecule has 0 aromatic heterocycles. The number of methoxy groups -OCH3 is 1. The highest BCUT2D eigenvalue weighted by Crippen LogP contribution is 2.37. The van der Waals surface area contributed by atoms with Crippen molar-refractivity contribution < 1.29 is 29.6 Å². The van der Waals surface area contributed by atoms with Gasteiger partial charge >= 0.3 is 5.97 Å². The molecule has 0 unspecified atom stereocenters. The number of aliphatic hydroxyl groups excluding tert-OH is 2. The van der Waals surface area contributed by atoms with Crippen molar-refractivity contribution in [1.82, 2.24) is 0 Å². The van der Waals surface area contributed by atoms with Crippen LogP contribution in [0, 0.1) is 0 Å². The molecule has 5 N–H and O–H groups in total. The summed E-state index contributed by atoms with van der Waals surface area (Å²) in [4.78, 5) is 12.8. The van der Waals surface area contributed by atoms with Crippen LogP contribution in [0.4, 0.5) is 0 Å². The average Bonchev–Trinajstić information content (AvgIpc) is 2.71. The number of carbonyl (C=O) groups excluding carboxylic acids is 1. The number of cyclic esters (lactones) is 1. The van der Waals surface area contributed by atoms with Crippen LogP contribution >= 0.6 is 0 Å². The van der Waals surface area contributed by atoms with Crippen LogP contribution in [-0.2, 0) is 4.74 Å². The Morgan fingerprint density at radius 1 is 1.21 bits per heavy atom. The topological polar surface area (TPSA) is 122 Å². The summed E-state index contributed by atoms with van der Waals surface area (Å²) in [5.74, 6) is -0.584. The second-order valence-corrected chi connectivity index (χ2v) is 7.09. The van der Waals surface area contributed by atoms with Gasteiger partial charge in [0.25, 0.3) is 0 Å². The first-order chi connectivity index (χ1) is 13.8. The zero-order valence-corrected chi connectivity index (χ0v) is 16.3. The lowest BCUT2D eigenvalue weighted by Gasteiger charge is -2.23. The third-order valence-corrected chi connectivity index (χ3v) is 4.92. The number of ether oxygens (including phenoxy) is 2. The molecule has 0 amide bonds. The Hall–Kier alpha value is -2.87. The molecule has 1 heterocycles. The summed E-state index contributed by atoms with van der Waals surface area (Å²) in [5.41, 5.74) is 7.33. The molecule has 2 bridgehead atoms. The fraction of sp³-hybridized carbons (Fsp3) is 0.318. The first kappa shape index (κ1) is 20.9. The Bertz CT molecular complexity index is 926. The number of hydrogen-bond acceptors (Lipinski definition) is 7. The second kappa shape index (κ2) is 8.65. The van der Waals surface area contributed by atoms with Crippen LogP contribution < -0.4 is 10.5 Å². The molecule has 0 saturated carbocycles. The van der Waals surface area contributed by atoms with E-state index in [9.17, 15) is 20.1 Å². The van der Waals surface area contributed by atoms with Crippen molar-refractivity contribution in [3.05, 3.63) is 59.7 Å². The first-order valence-corrected chi connectivity index (χ1v) is 9.32. The van der Waals surface area contributed by atoms with Crippen molar-refractivity contribution in [3.8, 4) is 22.6 Å². The van der Waals surface area contributed by atoms with Gasteiger partial charge in [-0.25, -0.2) is 4.79 Å². The minimum atomic E-state index is -1.23. The van der Waals surface area contributed by atoms with Gasteiger partial charge in [-0.3, -0.25) is 0 Å². The maximum absolute atomic E-state index is 12.8. The van der Waals surface area contributed by atoms with Crippen LogP contribution in [0.3, 0.4) is 0 Å². The highest BCUT2D eigenvalue weighted by atomic mass is 16.5. The van der Waals surface area contributed by atoms with Crippen molar-refractivity contribution in [2.24, 2.45) is 5.73 Å². The van der Waals surface area contributed by atoms with Gasteiger partial charge < -0.3 is 30.5 Å². The zero-order chi connectivity index (χ0) is 21.1. The van der Waals surface area contributed by atoms with E-state index in [1.165, 1.54) is 13.2 Å². The molecule has 154 valence electrons. The molecule has 2 aromatic carbocycles. The number of aromatic hydroxyl groups is 1. The SMILES string of the molecule is COc1cc(O)c2c(c1)-c1cccc(c1)[C@@H](O)[C@H](O)[C@@H](N)/C=C\C[C@H](C)OC2=O. The first-order valence-electron chi connectivity index (χ1n) is 9.32. The Morgan fingerprint density at radius 3 is 2.69 bits per heavy atom. The highest BCUT2D eigenvalue weighted by Gasteiger charge is 2.26. The number of phenols is 1. The minimum absolute atomic E-state index is 0.00239. The number of benzene rings is 2. The molecular formula is C22H25NO6. The summed E-state index contributed by atoms with van der Waals surface area (Å²) in [6.45, 7) is 1.71. The normalized spacial score (nSPS) is 26.0. The number of rotatable bonds is 1. The van der Waals surface area contributed by atoms with E-state index in [2.05, 4.69) is 0 Å². The fourth-order valence-electron chi connectivity index (χ4n) is 3.29. The second-order valence-electron chi connectivity index (χ2n) is 7.09. The molecule has 29 heavy (non-hydrogen) atoms. The van der Waals surface area contributed by atoms with Crippen molar-refractivity contribution in [2.45, 2.75) is 37.7 Å². The van der Waals surface area contributed by atoms with E-state index in [1.807, 2.05) is 0 Å². The van der Waals surface area contributed by atoms with Gasteiger partial charge in [-0.1, -0.05) is 30.4 Å². The third kappa shape index (κ3) is 4.42. The van der Waals surface area contributed by atoms with Gasteiger partial charge in [0, 0.05) is 18.1 Å². The third-order valence-electron chi connectivity index (χ3n) is 4.92. The van der Waals surface area contributed by atoms with E-state index in [-0.39, 0.29) is 11.3 Å². The van der Waals surface area contributed by atoms with E-state index in [4.69, 9.17) is 15.2 Å². The predicted octanol–water partition coefficient (Wildman–Crippen LogP) is 2.29. The van der Waals surface area contributed by atoms with Crippen molar-refractivity contribution in [2.75, 3.05) is 7.11 Å². The summed E-state index contributed by atoms with van der Waals surface area (Å²) in [6.07, 6.45) is 0.682. The summed E-state index contributed by atoms with van der Waals surface area (Å²) in [7, 11) is 1.45. The molecule has 1 aliphatic rings. The van der Waals surface area contributed by atoms with E-state index >= 15 is 0 Å². The molecule has 0 saturated heterocycles. The maximum atomic E-state index is 12.8. The van der Waals surface area contributed by atoms with Gasteiger partial charge in [-0.05, 0) is 30.2 Å². The number of fused-ring (bicyclic) bond motifs is 4. The number of phenolic OH excluding ortho intramolecular Hbond substituents is 1. The number of carbonyl (C=O) groups is 1. The molecule has 7 heteroatoms. The van der Waals surface area contributed by atoms with E-state index < -0.39 is 30.3 Å². The molecule has 4 atom stereocenters. The Balaban J connectivity index is 2.21. The highest BCUT2D eigenvalue weighted by molar-refractivity contribution is 6.00. The Kier molecular flexibility index (Phi) is 6.22. The van der Waals surface area contributed by atoms with E-state index in [1.54, 1.807) is 49.4 Å². The van der Waals surface area contributed by atoms with Crippen LogP contribution in [0.5, 0.6) is 11.5 Å². The smallest absolute Gasteiger partial charge is 0.342 e. The number of nitrogens with two attached hydrogens (primary N) is 1. The van der Waals surface area contributed by atoms with Gasteiger partial charge in [0.2, 0.25) is 0 Å². The zero-order valence-electron chi connectivity index (χ0n) is 16.3. The summed E-state index contributed by atoms with van der Waals surface area (Å²) in [5, 5.41) is 31.5. The van der Waals surface area contributed by atoms with Gasteiger partial charge in [0.1, 0.15) is 35.4 Å². The Labute approximate surface area is 169 Å². The standard InChI is InChI=1S/C22H25NO6/c1-12-5-3-8-17(23)21(26)20(25)14-7-4-6-13(9-14)16-10-15(28-2)11-18(24)19(16)22(27)29-12/h3-4,6-12,17,20-21,24-26H,5,23H2,1-2H3/b8-3-/t12-,17-,20+,21+/m0/s1. The monoisotopic (exact) mass is 399 g/mol. The quantitative estimate of drug-likeness (QED) is 0.429.